The number of pyridine rings is 1. The van der Waals surface area contributed by atoms with Crippen LogP contribution < -0.4 is 4.74 Å². The molecule has 1 fully saturated rings. The van der Waals surface area contributed by atoms with E-state index >= 15 is 0 Å². The lowest BCUT2D eigenvalue weighted by atomic mass is 10.1. The minimum absolute atomic E-state index is 0.193. The minimum Gasteiger partial charge on any atom is -0.489 e. The van der Waals surface area contributed by atoms with Crippen molar-refractivity contribution < 1.29 is 27.4 Å². The van der Waals surface area contributed by atoms with Gasteiger partial charge in [0.15, 0.2) is 0 Å². The Morgan fingerprint density at radius 3 is 2.52 bits per heavy atom. The fourth-order valence-electron chi connectivity index (χ4n) is 3.16. The van der Waals surface area contributed by atoms with Crippen molar-refractivity contribution in [2.75, 3.05) is 13.1 Å². The molecule has 11 heteroatoms. The Morgan fingerprint density at radius 1 is 1.23 bits per heavy atom. The highest BCUT2D eigenvalue weighted by Crippen LogP contribution is 2.33. The molecule has 0 bridgehead atoms. The number of hydrogen-bond donors (Lipinski definition) is 0. The molecule has 1 aliphatic rings. The van der Waals surface area contributed by atoms with Crippen molar-refractivity contribution in [2.24, 2.45) is 0 Å². The molecule has 2 aromatic heterocycles. The number of hydrogen-bond acceptors (Lipinski definition) is 5. The lowest BCUT2D eigenvalue weighted by Gasteiger charge is -2.33. The summed E-state index contributed by atoms with van der Waals surface area (Å²) in [6.07, 6.45) is 0.283. The number of carbonyl (C=O) groups excluding carboxylic acids is 1. The Morgan fingerprint density at radius 2 is 1.90 bits per heavy atom. The predicted octanol–water partition coefficient (Wildman–Crippen LogP) is 4.94. The normalized spacial score (nSPS) is 15.8. The zero-order valence-electron chi connectivity index (χ0n) is 17.4. The number of piperidine rings is 1. The third-order valence-electron chi connectivity index (χ3n) is 4.51. The fraction of sp³-hybridized carbons (Fsp3) is 0.550. The largest absolute Gasteiger partial charge is 0.489 e. The molecule has 1 aliphatic heterocycles. The lowest BCUT2D eigenvalue weighted by molar-refractivity contribution is -0.142. The van der Waals surface area contributed by atoms with Crippen molar-refractivity contribution in [2.45, 2.75) is 58.0 Å². The first-order chi connectivity index (χ1) is 14.4. The van der Waals surface area contributed by atoms with Gasteiger partial charge in [-0.3, -0.25) is 4.68 Å². The van der Waals surface area contributed by atoms with Crippen molar-refractivity contribution in [3.05, 3.63) is 29.8 Å². The van der Waals surface area contributed by atoms with E-state index in [4.69, 9.17) is 21.1 Å². The number of rotatable bonds is 4. The van der Waals surface area contributed by atoms with Gasteiger partial charge in [0.2, 0.25) is 0 Å². The molecule has 0 aliphatic carbocycles. The zero-order chi connectivity index (χ0) is 22.8. The van der Waals surface area contributed by atoms with E-state index in [1.165, 1.54) is 24.7 Å². The summed E-state index contributed by atoms with van der Waals surface area (Å²) in [6, 6.07) is 1.53. The monoisotopic (exact) mass is 460 g/mol. The molecule has 0 radical (unpaired) electrons. The quantitative estimate of drug-likeness (QED) is 0.604. The number of alkyl halides is 3. The second-order valence-electron chi connectivity index (χ2n) is 8.33. The van der Waals surface area contributed by atoms with E-state index in [1.807, 2.05) is 20.8 Å². The summed E-state index contributed by atoms with van der Waals surface area (Å²) >= 11 is 6.01. The molecule has 0 atom stereocenters. The summed E-state index contributed by atoms with van der Waals surface area (Å²) in [5, 5.41) is 3.97. The van der Waals surface area contributed by atoms with Crippen LogP contribution in [0.4, 0.5) is 18.0 Å². The van der Waals surface area contributed by atoms with Gasteiger partial charge in [-0.2, -0.15) is 18.3 Å². The number of halogens is 4. The topological polar surface area (TPSA) is 69.5 Å². The van der Waals surface area contributed by atoms with Crippen molar-refractivity contribution in [1.82, 2.24) is 19.7 Å². The summed E-state index contributed by atoms with van der Waals surface area (Å²) < 4.78 is 50.2. The molecule has 0 N–H and O–H groups in total. The Bertz CT molecular complexity index is 919. The van der Waals surface area contributed by atoms with Gasteiger partial charge in [0.25, 0.3) is 0 Å². The summed E-state index contributed by atoms with van der Waals surface area (Å²) in [4.78, 5) is 17.9. The third kappa shape index (κ3) is 6.75. The Balaban J connectivity index is 1.68. The lowest BCUT2D eigenvalue weighted by Crippen LogP contribution is -2.44. The molecule has 1 amide bonds. The van der Waals surface area contributed by atoms with Crippen LogP contribution in [0.25, 0.3) is 11.1 Å². The van der Waals surface area contributed by atoms with E-state index in [0.29, 0.717) is 42.8 Å². The van der Waals surface area contributed by atoms with Crippen LogP contribution in [0, 0.1) is 0 Å². The number of likely N-dealkylation sites (tertiary alicyclic amines) is 1. The molecule has 0 saturated carbocycles. The van der Waals surface area contributed by atoms with Crippen LogP contribution in [0.2, 0.25) is 5.15 Å². The van der Waals surface area contributed by atoms with Crippen LogP contribution in [-0.4, -0.2) is 56.7 Å². The highest BCUT2D eigenvalue weighted by Gasteiger charge is 2.30. The molecule has 0 spiro atoms. The molecule has 3 rings (SSSR count). The SMILES string of the molecule is CC(C)(C)OC(=O)N1CCC(Oc2cc(Cl)ncc2-c2cnn(CC(F)(F)F)c2)CC1. The van der Waals surface area contributed by atoms with Crippen molar-refractivity contribution in [3.63, 3.8) is 0 Å². The molecule has 3 heterocycles. The summed E-state index contributed by atoms with van der Waals surface area (Å²) in [6.45, 7) is 5.19. The molecule has 0 aromatic carbocycles. The van der Waals surface area contributed by atoms with Crippen LogP contribution in [0.5, 0.6) is 5.75 Å². The maximum Gasteiger partial charge on any atom is 0.410 e. The van der Waals surface area contributed by atoms with E-state index in [-0.39, 0.29) is 17.4 Å². The number of amides is 1. The van der Waals surface area contributed by atoms with Crippen LogP contribution in [-0.2, 0) is 11.3 Å². The number of nitrogens with zero attached hydrogens (tertiary/aromatic N) is 4. The zero-order valence-corrected chi connectivity index (χ0v) is 18.2. The van der Waals surface area contributed by atoms with Gasteiger partial charge >= 0.3 is 12.3 Å². The van der Waals surface area contributed by atoms with Crippen LogP contribution >= 0.6 is 11.6 Å². The maximum absolute atomic E-state index is 12.6. The first-order valence-electron chi connectivity index (χ1n) is 9.79. The van der Waals surface area contributed by atoms with E-state index in [1.54, 1.807) is 4.90 Å². The minimum atomic E-state index is -4.37. The van der Waals surface area contributed by atoms with Gasteiger partial charge in [-0.05, 0) is 20.8 Å². The van der Waals surface area contributed by atoms with Crippen LogP contribution in [0.3, 0.4) is 0 Å². The Kier molecular flexibility index (Phi) is 6.68. The molecule has 7 nitrogen and oxygen atoms in total. The number of ether oxygens (including phenoxy) is 2. The second-order valence-corrected chi connectivity index (χ2v) is 8.72. The Hall–Kier alpha value is -2.49. The van der Waals surface area contributed by atoms with Crippen LogP contribution in [0.15, 0.2) is 24.7 Å². The van der Waals surface area contributed by atoms with E-state index in [2.05, 4.69) is 10.1 Å². The van der Waals surface area contributed by atoms with Gasteiger partial charge in [0.05, 0.1) is 6.20 Å². The average Bonchev–Trinajstić information content (AvgIpc) is 3.07. The van der Waals surface area contributed by atoms with E-state index in [0.717, 1.165) is 4.68 Å². The van der Waals surface area contributed by atoms with Gasteiger partial charge in [0.1, 0.15) is 29.2 Å². The first kappa shape index (κ1) is 23.2. The molecule has 31 heavy (non-hydrogen) atoms. The first-order valence-corrected chi connectivity index (χ1v) is 10.2. The standard InChI is InChI=1S/C20H24ClF3N4O3/c1-19(2,3)31-18(29)27-6-4-14(5-7-27)30-16-8-17(21)25-10-15(16)13-9-26-28(11-13)12-20(22,23)24/h8-11,14H,4-7,12H2,1-3H3. The van der Waals surface area contributed by atoms with Crippen molar-refractivity contribution in [1.29, 1.82) is 0 Å². The third-order valence-corrected chi connectivity index (χ3v) is 4.71. The van der Waals surface area contributed by atoms with Crippen LogP contribution in [0.1, 0.15) is 33.6 Å². The molecule has 2 aromatic rings. The number of aromatic nitrogens is 3. The van der Waals surface area contributed by atoms with E-state index < -0.39 is 18.3 Å². The summed E-state index contributed by atoms with van der Waals surface area (Å²) in [5.74, 6) is 0.405. The molecular formula is C20H24ClF3N4O3. The van der Waals surface area contributed by atoms with Gasteiger partial charge in [-0.1, -0.05) is 11.6 Å². The average molecular weight is 461 g/mol. The molecule has 1 saturated heterocycles. The van der Waals surface area contributed by atoms with Gasteiger partial charge in [-0.25, -0.2) is 9.78 Å². The highest BCUT2D eigenvalue weighted by molar-refractivity contribution is 6.29. The maximum atomic E-state index is 12.6. The Labute approximate surface area is 183 Å². The van der Waals surface area contributed by atoms with Gasteiger partial charge in [0, 0.05) is 55.5 Å². The van der Waals surface area contributed by atoms with Crippen molar-refractivity contribution >= 4 is 17.7 Å². The van der Waals surface area contributed by atoms with Gasteiger partial charge in [-0.15, -0.1) is 0 Å². The molecular weight excluding hydrogens is 437 g/mol. The van der Waals surface area contributed by atoms with E-state index in [9.17, 15) is 18.0 Å². The molecule has 0 unspecified atom stereocenters. The number of carbonyl (C=O) groups is 1. The molecule has 170 valence electrons. The smallest absolute Gasteiger partial charge is 0.410 e. The highest BCUT2D eigenvalue weighted by atomic mass is 35.5. The fourth-order valence-corrected chi connectivity index (χ4v) is 3.31. The predicted molar refractivity (Wildman–Crippen MR) is 108 cm³/mol. The summed E-state index contributed by atoms with van der Waals surface area (Å²) in [7, 11) is 0. The second kappa shape index (κ2) is 8.94. The van der Waals surface area contributed by atoms with Crippen molar-refractivity contribution in [3.8, 4) is 16.9 Å². The summed E-state index contributed by atoms with van der Waals surface area (Å²) in [5.41, 5.74) is 0.367. The van der Waals surface area contributed by atoms with Gasteiger partial charge < -0.3 is 14.4 Å².